The molecule has 0 unspecified atom stereocenters. The molecule has 2 fully saturated rings. The van der Waals surface area contributed by atoms with Gasteiger partial charge in [-0.05, 0) is 29.0 Å². The SMILES string of the molecule is ClCc1nc([C@]23C4=C(c5ccccc5)C[C@@H]2[C@H]43)no1. The van der Waals surface area contributed by atoms with Crippen molar-refractivity contribution in [3.63, 3.8) is 0 Å². The molecule has 0 saturated heterocycles. The van der Waals surface area contributed by atoms with Crippen LogP contribution in [0, 0.1) is 11.8 Å². The first kappa shape index (κ1) is 10.2. The summed E-state index contributed by atoms with van der Waals surface area (Å²) in [6.45, 7) is 0. The topological polar surface area (TPSA) is 38.9 Å². The number of nitrogens with zero attached hydrogens (tertiary/aromatic N) is 2. The van der Waals surface area contributed by atoms with E-state index in [1.807, 2.05) is 0 Å². The predicted molar refractivity (Wildman–Crippen MR) is 70.5 cm³/mol. The normalized spacial score (nSPS) is 33.5. The molecule has 19 heavy (non-hydrogen) atoms. The Morgan fingerprint density at radius 3 is 2.84 bits per heavy atom. The molecule has 0 radical (unpaired) electrons. The summed E-state index contributed by atoms with van der Waals surface area (Å²) in [6.07, 6.45) is 1.16. The average molecular weight is 271 g/mol. The summed E-state index contributed by atoms with van der Waals surface area (Å²) < 4.78 is 5.16. The fraction of sp³-hybridized carbons (Fsp3) is 0.333. The number of alkyl halides is 1. The van der Waals surface area contributed by atoms with Crippen molar-refractivity contribution in [3.05, 3.63) is 53.2 Å². The summed E-state index contributed by atoms with van der Waals surface area (Å²) in [7, 11) is 0. The van der Waals surface area contributed by atoms with Gasteiger partial charge in [0.05, 0.1) is 5.41 Å². The molecule has 3 nitrogen and oxygen atoms in total. The number of halogens is 1. The molecule has 0 spiro atoms. The lowest BCUT2D eigenvalue weighted by Gasteiger charge is -1.99. The summed E-state index contributed by atoms with van der Waals surface area (Å²) in [5.74, 6) is 3.08. The number of benzene rings is 1. The molecular formula is C15H11ClN2O. The molecular weight excluding hydrogens is 260 g/mol. The van der Waals surface area contributed by atoms with Crippen LogP contribution in [-0.2, 0) is 11.3 Å². The van der Waals surface area contributed by atoms with Gasteiger partial charge in [-0.3, -0.25) is 0 Å². The van der Waals surface area contributed by atoms with Gasteiger partial charge in [0.1, 0.15) is 5.88 Å². The molecule has 1 heterocycles. The molecule has 4 aliphatic carbocycles. The van der Waals surface area contributed by atoms with E-state index in [0.717, 1.165) is 12.2 Å². The molecule has 3 atom stereocenters. The molecule has 1 aromatic carbocycles. The number of rotatable bonds is 3. The van der Waals surface area contributed by atoms with Crippen molar-refractivity contribution in [3.8, 4) is 0 Å². The molecule has 1 aromatic heterocycles. The maximum atomic E-state index is 5.73. The van der Waals surface area contributed by atoms with Crippen LogP contribution in [-0.4, -0.2) is 10.1 Å². The number of aromatic nitrogens is 2. The van der Waals surface area contributed by atoms with Crippen LogP contribution < -0.4 is 0 Å². The lowest BCUT2D eigenvalue weighted by molar-refractivity contribution is 0.382. The van der Waals surface area contributed by atoms with Gasteiger partial charge in [-0.15, -0.1) is 11.6 Å². The first-order valence-electron chi connectivity index (χ1n) is 6.55. The van der Waals surface area contributed by atoms with Crippen molar-refractivity contribution >= 4 is 17.2 Å². The van der Waals surface area contributed by atoms with E-state index >= 15 is 0 Å². The fourth-order valence-corrected chi connectivity index (χ4v) is 4.11. The van der Waals surface area contributed by atoms with Crippen molar-refractivity contribution in [2.45, 2.75) is 17.7 Å². The van der Waals surface area contributed by atoms with Gasteiger partial charge < -0.3 is 4.52 Å². The minimum atomic E-state index is 0.138. The van der Waals surface area contributed by atoms with Crippen molar-refractivity contribution in [1.29, 1.82) is 0 Å². The summed E-state index contributed by atoms with van der Waals surface area (Å²) in [5, 5.41) is 4.13. The van der Waals surface area contributed by atoms with E-state index in [1.165, 1.54) is 11.1 Å². The molecule has 0 N–H and O–H groups in total. The van der Waals surface area contributed by atoms with Gasteiger partial charge >= 0.3 is 0 Å². The molecule has 2 bridgehead atoms. The van der Waals surface area contributed by atoms with E-state index in [9.17, 15) is 0 Å². The van der Waals surface area contributed by atoms with Gasteiger partial charge in [-0.2, -0.15) is 4.98 Å². The van der Waals surface area contributed by atoms with Crippen LogP contribution in [0.5, 0.6) is 0 Å². The zero-order chi connectivity index (χ0) is 12.6. The third kappa shape index (κ3) is 1.03. The predicted octanol–water partition coefficient (Wildman–Crippen LogP) is 3.16. The average Bonchev–Trinajstić information content (AvgIpc) is 3.04. The quantitative estimate of drug-likeness (QED) is 0.804. The van der Waals surface area contributed by atoms with Gasteiger partial charge in [0, 0.05) is 5.92 Å². The van der Waals surface area contributed by atoms with Crippen LogP contribution in [0.2, 0.25) is 0 Å². The van der Waals surface area contributed by atoms with Crippen LogP contribution in [0.25, 0.3) is 5.57 Å². The summed E-state index contributed by atoms with van der Waals surface area (Å²) in [4.78, 5) is 4.43. The highest BCUT2D eigenvalue weighted by Crippen LogP contribution is 2.90. The van der Waals surface area contributed by atoms with Gasteiger partial charge in [-0.1, -0.05) is 35.5 Å². The lowest BCUT2D eigenvalue weighted by atomic mass is 10.1. The number of allylic oxidation sites excluding steroid dienone is 2. The van der Waals surface area contributed by atoms with E-state index in [2.05, 4.69) is 40.5 Å². The second-order valence-corrected chi connectivity index (χ2v) is 5.83. The summed E-state index contributed by atoms with van der Waals surface area (Å²) in [6, 6.07) is 10.6. The molecule has 0 aliphatic heterocycles. The van der Waals surface area contributed by atoms with Crippen LogP contribution in [0.4, 0.5) is 0 Å². The van der Waals surface area contributed by atoms with E-state index in [0.29, 0.717) is 23.6 Å². The Balaban J connectivity index is 1.58. The molecule has 4 heteroatoms. The summed E-state index contributed by atoms with van der Waals surface area (Å²) >= 11 is 5.73. The smallest absolute Gasteiger partial charge is 0.241 e. The second-order valence-electron chi connectivity index (χ2n) is 5.56. The molecule has 2 aromatic rings. The Bertz CT molecular complexity index is 721. The third-order valence-corrected chi connectivity index (χ3v) is 5.09. The number of fused-ring (bicyclic) bond motifs is 1. The highest BCUT2D eigenvalue weighted by Gasteiger charge is 2.89. The molecule has 2 saturated carbocycles. The molecule has 0 amide bonds. The second kappa shape index (κ2) is 3.10. The number of hydrogen-bond donors (Lipinski definition) is 0. The Morgan fingerprint density at radius 2 is 2.16 bits per heavy atom. The van der Waals surface area contributed by atoms with E-state index in [4.69, 9.17) is 16.1 Å². The zero-order valence-electron chi connectivity index (χ0n) is 10.1. The van der Waals surface area contributed by atoms with Crippen molar-refractivity contribution in [2.75, 3.05) is 0 Å². The van der Waals surface area contributed by atoms with Gasteiger partial charge in [0.2, 0.25) is 5.89 Å². The summed E-state index contributed by atoms with van der Waals surface area (Å²) in [5.41, 5.74) is 4.54. The van der Waals surface area contributed by atoms with E-state index in [-0.39, 0.29) is 5.41 Å². The maximum Gasteiger partial charge on any atom is 0.241 e. The Labute approximate surface area is 115 Å². The van der Waals surface area contributed by atoms with Crippen LogP contribution in [0.3, 0.4) is 0 Å². The van der Waals surface area contributed by atoms with E-state index in [1.54, 1.807) is 5.57 Å². The maximum absolute atomic E-state index is 5.73. The minimum Gasteiger partial charge on any atom is -0.338 e. The third-order valence-electron chi connectivity index (χ3n) is 4.87. The standard InChI is InChI=1S/C15H11ClN2O/c16-7-11-17-14(18-19-11)15-10-6-9(12(15)13(10)15)8-4-2-1-3-5-8/h1-5,10,13H,6-7H2/t10-,13-,15+/m1/s1. The Hall–Kier alpha value is -1.61. The van der Waals surface area contributed by atoms with Crippen molar-refractivity contribution in [2.24, 2.45) is 11.8 Å². The minimum absolute atomic E-state index is 0.138. The Morgan fingerprint density at radius 1 is 1.32 bits per heavy atom. The van der Waals surface area contributed by atoms with Crippen LogP contribution in [0.1, 0.15) is 23.7 Å². The van der Waals surface area contributed by atoms with Crippen molar-refractivity contribution in [1.82, 2.24) is 10.1 Å². The first-order valence-corrected chi connectivity index (χ1v) is 7.08. The van der Waals surface area contributed by atoms with Gasteiger partial charge in [0.25, 0.3) is 0 Å². The Kier molecular flexibility index (Phi) is 1.67. The van der Waals surface area contributed by atoms with Crippen molar-refractivity contribution < 1.29 is 4.52 Å². The van der Waals surface area contributed by atoms with Gasteiger partial charge in [-0.25, -0.2) is 0 Å². The first-order chi connectivity index (χ1) is 9.37. The van der Waals surface area contributed by atoms with Gasteiger partial charge in [0.15, 0.2) is 5.82 Å². The largest absolute Gasteiger partial charge is 0.338 e. The highest BCUT2D eigenvalue weighted by molar-refractivity contribution is 6.16. The zero-order valence-corrected chi connectivity index (χ0v) is 10.9. The number of hydrogen-bond acceptors (Lipinski definition) is 3. The lowest BCUT2D eigenvalue weighted by Crippen LogP contribution is -2.02. The molecule has 94 valence electrons. The molecule has 4 aliphatic rings. The van der Waals surface area contributed by atoms with E-state index < -0.39 is 0 Å². The highest BCUT2D eigenvalue weighted by atomic mass is 35.5. The molecule has 6 rings (SSSR count). The monoisotopic (exact) mass is 270 g/mol. The van der Waals surface area contributed by atoms with Crippen LogP contribution in [0.15, 0.2) is 40.4 Å². The van der Waals surface area contributed by atoms with Crippen LogP contribution >= 0.6 is 11.6 Å². The fourth-order valence-electron chi connectivity index (χ4n) is 4.00.